The molecule has 0 aliphatic rings. The van der Waals surface area contributed by atoms with Crippen LogP contribution >= 0.6 is 0 Å². The van der Waals surface area contributed by atoms with Crippen LogP contribution in [-0.2, 0) is 4.74 Å². The molecule has 26 heavy (non-hydrogen) atoms. The Hall–Kier alpha value is -3.03. The summed E-state index contributed by atoms with van der Waals surface area (Å²) in [7, 11) is 2.49. The third-order valence-electron chi connectivity index (χ3n) is 3.46. The number of benzene rings is 2. The zero-order valence-corrected chi connectivity index (χ0v) is 13.9. The standard InChI is InChI=1S/C18H15F3O5/c1-24-16-12(9-22)4-3-5-14(16)13-7-6-11(17(23)25-2)8-15(13)26-10-18(19,20)21/h3-9H,10H2,1-2H3. The van der Waals surface area contributed by atoms with Crippen LogP contribution in [-0.4, -0.2) is 39.3 Å². The molecule has 0 saturated heterocycles. The number of ether oxygens (including phenoxy) is 3. The van der Waals surface area contributed by atoms with E-state index < -0.39 is 18.8 Å². The highest BCUT2D eigenvalue weighted by atomic mass is 19.4. The number of rotatable bonds is 6. The second-order valence-corrected chi connectivity index (χ2v) is 5.15. The van der Waals surface area contributed by atoms with Crippen LogP contribution in [0.3, 0.4) is 0 Å². The second-order valence-electron chi connectivity index (χ2n) is 5.15. The number of aldehydes is 1. The van der Waals surface area contributed by atoms with Crippen LogP contribution in [0.25, 0.3) is 11.1 Å². The number of halogens is 3. The van der Waals surface area contributed by atoms with E-state index in [1.165, 1.54) is 25.3 Å². The number of hydrogen-bond donors (Lipinski definition) is 0. The monoisotopic (exact) mass is 368 g/mol. The van der Waals surface area contributed by atoms with Crippen molar-refractivity contribution < 1.29 is 37.0 Å². The molecule has 0 heterocycles. The molecule has 0 unspecified atom stereocenters. The van der Waals surface area contributed by atoms with Crippen LogP contribution in [0.1, 0.15) is 20.7 Å². The van der Waals surface area contributed by atoms with Crippen molar-refractivity contribution in [3.05, 3.63) is 47.5 Å². The minimum Gasteiger partial charge on any atom is -0.495 e. The van der Waals surface area contributed by atoms with Crippen molar-refractivity contribution in [2.24, 2.45) is 0 Å². The minimum atomic E-state index is -4.56. The van der Waals surface area contributed by atoms with Crippen molar-refractivity contribution >= 4 is 12.3 Å². The normalized spacial score (nSPS) is 11.0. The number of alkyl halides is 3. The van der Waals surface area contributed by atoms with E-state index in [-0.39, 0.29) is 28.2 Å². The van der Waals surface area contributed by atoms with Crippen LogP contribution in [0.4, 0.5) is 13.2 Å². The Labute approximate surface area is 147 Å². The molecule has 0 aliphatic heterocycles. The Morgan fingerprint density at radius 2 is 1.85 bits per heavy atom. The highest BCUT2D eigenvalue weighted by molar-refractivity contribution is 5.92. The van der Waals surface area contributed by atoms with Gasteiger partial charge in [-0.15, -0.1) is 0 Å². The van der Waals surface area contributed by atoms with Gasteiger partial charge in [0.1, 0.15) is 11.5 Å². The Morgan fingerprint density at radius 1 is 1.12 bits per heavy atom. The van der Waals surface area contributed by atoms with Gasteiger partial charge in [0.25, 0.3) is 0 Å². The van der Waals surface area contributed by atoms with Crippen LogP contribution in [0, 0.1) is 0 Å². The molecule has 0 aromatic heterocycles. The fourth-order valence-electron chi connectivity index (χ4n) is 2.36. The molecular weight excluding hydrogens is 353 g/mol. The van der Waals surface area contributed by atoms with Gasteiger partial charge in [-0.1, -0.05) is 12.1 Å². The lowest BCUT2D eigenvalue weighted by molar-refractivity contribution is -0.153. The van der Waals surface area contributed by atoms with Gasteiger partial charge in [-0.25, -0.2) is 4.79 Å². The Morgan fingerprint density at radius 3 is 2.42 bits per heavy atom. The van der Waals surface area contributed by atoms with Crippen LogP contribution < -0.4 is 9.47 Å². The molecule has 2 aromatic carbocycles. The molecule has 2 rings (SSSR count). The van der Waals surface area contributed by atoms with Gasteiger partial charge in [0.15, 0.2) is 12.9 Å². The van der Waals surface area contributed by atoms with E-state index in [2.05, 4.69) is 4.74 Å². The summed E-state index contributed by atoms with van der Waals surface area (Å²) in [5.74, 6) is -0.723. The van der Waals surface area contributed by atoms with Crippen molar-refractivity contribution in [2.75, 3.05) is 20.8 Å². The van der Waals surface area contributed by atoms with Crippen molar-refractivity contribution in [1.29, 1.82) is 0 Å². The van der Waals surface area contributed by atoms with Gasteiger partial charge in [0.2, 0.25) is 0 Å². The summed E-state index contributed by atoms with van der Waals surface area (Å²) in [4.78, 5) is 22.8. The van der Waals surface area contributed by atoms with Crippen LogP contribution in [0.15, 0.2) is 36.4 Å². The van der Waals surface area contributed by atoms with E-state index in [0.29, 0.717) is 11.8 Å². The number of carbonyl (C=O) groups excluding carboxylic acids is 2. The zero-order valence-electron chi connectivity index (χ0n) is 13.9. The first-order valence-electron chi connectivity index (χ1n) is 7.35. The maximum absolute atomic E-state index is 12.6. The molecule has 5 nitrogen and oxygen atoms in total. The van der Waals surface area contributed by atoms with Gasteiger partial charge in [0, 0.05) is 11.1 Å². The molecular formula is C18H15F3O5. The summed E-state index contributed by atoms with van der Waals surface area (Å²) in [5.41, 5.74) is 0.843. The van der Waals surface area contributed by atoms with E-state index in [1.807, 2.05) is 0 Å². The smallest absolute Gasteiger partial charge is 0.422 e. The largest absolute Gasteiger partial charge is 0.495 e. The average Bonchev–Trinajstić information content (AvgIpc) is 2.64. The fraction of sp³-hybridized carbons (Fsp3) is 0.222. The average molecular weight is 368 g/mol. The summed E-state index contributed by atoms with van der Waals surface area (Å²) in [5, 5.41) is 0. The fourth-order valence-corrected chi connectivity index (χ4v) is 2.36. The number of para-hydroxylation sites is 1. The summed E-state index contributed by atoms with van der Waals surface area (Å²) in [6, 6.07) is 8.58. The first kappa shape index (κ1) is 19.3. The third-order valence-corrected chi connectivity index (χ3v) is 3.46. The molecule has 0 aliphatic carbocycles. The van der Waals surface area contributed by atoms with E-state index in [4.69, 9.17) is 9.47 Å². The quantitative estimate of drug-likeness (QED) is 0.572. The van der Waals surface area contributed by atoms with Crippen molar-refractivity contribution in [1.82, 2.24) is 0 Å². The third kappa shape index (κ3) is 4.33. The number of esters is 1. The SMILES string of the molecule is COC(=O)c1ccc(-c2cccc(C=O)c2OC)c(OCC(F)(F)F)c1. The highest BCUT2D eigenvalue weighted by Crippen LogP contribution is 2.39. The first-order chi connectivity index (χ1) is 12.3. The minimum absolute atomic E-state index is 0.0268. The summed E-state index contributed by atoms with van der Waals surface area (Å²) in [6.07, 6.45) is -3.99. The molecule has 0 fully saturated rings. The lowest BCUT2D eigenvalue weighted by atomic mass is 9.99. The maximum Gasteiger partial charge on any atom is 0.422 e. The molecule has 0 amide bonds. The Balaban J connectivity index is 2.60. The van der Waals surface area contributed by atoms with E-state index in [9.17, 15) is 22.8 Å². The predicted molar refractivity (Wildman–Crippen MR) is 86.7 cm³/mol. The van der Waals surface area contributed by atoms with Gasteiger partial charge in [-0.05, 0) is 24.3 Å². The Kier molecular flexibility index (Phi) is 5.86. The molecule has 0 atom stereocenters. The Bertz CT molecular complexity index is 815. The molecule has 0 spiro atoms. The molecule has 0 radical (unpaired) electrons. The van der Waals surface area contributed by atoms with Gasteiger partial charge in [-0.3, -0.25) is 4.79 Å². The second kappa shape index (κ2) is 7.90. The van der Waals surface area contributed by atoms with Crippen LogP contribution in [0.2, 0.25) is 0 Å². The highest BCUT2D eigenvalue weighted by Gasteiger charge is 2.29. The summed E-state index contributed by atoms with van der Waals surface area (Å²) >= 11 is 0. The topological polar surface area (TPSA) is 61.8 Å². The predicted octanol–water partition coefficient (Wildman–Crippen LogP) is 3.90. The van der Waals surface area contributed by atoms with Gasteiger partial charge < -0.3 is 14.2 Å². The maximum atomic E-state index is 12.6. The lowest BCUT2D eigenvalue weighted by Crippen LogP contribution is -2.19. The molecule has 138 valence electrons. The van der Waals surface area contributed by atoms with Gasteiger partial charge in [0.05, 0.1) is 25.3 Å². The van der Waals surface area contributed by atoms with E-state index >= 15 is 0 Å². The molecule has 2 aromatic rings. The zero-order chi connectivity index (χ0) is 19.3. The van der Waals surface area contributed by atoms with Crippen molar-refractivity contribution in [2.45, 2.75) is 6.18 Å². The van der Waals surface area contributed by atoms with Gasteiger partial charge in [-0.2, -0.15) is 13.2 Å². The van der Waals surface area contributed by atoms with Crippen molar-refractivity contribution in [3.63, 3.8) is 0 Å². The summed E-state index contributed by atoms with van der Waals surface area (Å²) < 4.78 is 52.4. The molecule has 0 bridgehead atoms. The van der Waals surface area contributed by atoms with Crippen molar-refractivity contribution in [3.8, 4) is 22.6 Å². The van der Waals surface area contributed by atoms with E-state index in [0.717, 1.165) is 13.2 Å². The lowest BCUT2D eigenvalue weighted by Gasteiger charge is -2.17. The molecule has 0 saturated carbocycles. The number of carbonyl (C=O) groups is 2. The number of methoxy groups -OCH3 is 2. The van der Waals surface area contributed by atoms with Gasteiger partial charge >= 0.3 is 12.1 Å². The first-order valence-corrected chi connectivity index (χ1v) is 7.35. The number of hydrogen-bond acceptors (Lipinski definition) is 5. The van der Waals surface area contributed by atoms with E-state index in [1.54, 1.807) is 12.1 Å². The van der Waals surface area contributed by atoms with Crippen LogP contribution in [0.5, 0.6) is 11.5 Å². The molecule has 8 heteroatoms. The summed E-state index contributed by atoms with van der Waals surface area (Å²) in [6.45, 7) is -1.54. The molecule has 0 N–H and O–H groups in total.